The summed E-state index contributed by atoms with van der Waals surface area (Å²) in [5.41, 5.74) is 5.40. The van der Waals surface area contributed by atoms with E-state index in [4.69, 9.17) is 0 Å². The quantitative estimate of drug-likeness (QED) is 0.793. The molecule has 0 spiro atoms. The molecule has 2 heterocycles. The molecule has 1 N–H and O–H groups in total. The smallest absolute Gasteiger partial charge is 0.335 e. The van der Waals surface area contributed by atoms with E-state index in [1.807, 2.05) is 17.0 Å². The van der Waals surface area contributed by atoms with Crippen LogP contribution in [0, 0.1) is 0 Å². The van der Waals surface area contributed by atoms with Gasteiger partial charge in [0.25, 0.3) is 0 Å². The number of aromatic nitrogens is 2. The van der Waals surface area contributed by atoms with Gasteiger partial charge in [-0.2, -0.15) is 0 Å². The van der Waals surface area contributed by atoms with E-state index in [1.54, 1.807) is 23.5 Å². The Labute approximate surface area is 126 Å². The van der Waals surface area contributed by atoms with Crippen molar-refractivity contribution >= 4 is 28.2 Å². The molecule has 0 amide bonds. The van der Waals surface area contributed by atoms with E-state index in [2.05, 4.69) is 29.6 Å². The molecule has 0 aliphatic carbocycles. The van der Waals surface area contributed by atoms with Gasteiger partial charge in [-0.25, -0.2) is 9.78 Å². The molecule has 0 aliphatic heterocycles. The highest BCUT2D eigenvalue weighted by Gasteiger charge is 2.14. The van der Waals surface area contributed by atoms with Crippen LogP contribution < -0.4 is 0 Å². The van der Waals surface area contributed by atoms with Crippen LogP contribution in [0.4, 0.5) is 0 Å². The Kier molecular flexibility index (Phi) is 3.51. The summed E-state index contributed by atoms with van der Waals surface area (Å²) in [7, 11) is 0. The van der Waals surface area contributed by atoms with Gasteiger partial charge >= 0.3 is 5.97 Å². The van der Waals surface area contributed by atoms with Crippen LogP contribution in [0.5, 0.6) is 0 Å². The average molecular weight is 300 g/mol. The Morgan fingerprint density at radius 1 is 1.43 bits per heavy atom. The van der Waals surface area contributed by atoms with Gasteiger partial charge in [0.05, 0.1) is 23.3 Å². The van der Waals surface area contributed by atoms with Gasteiger partial charge in [-0.3, -0.25) is 0 Å². The summed E-state index contributed by atoms with van der Waals surface area (Å²) in [6, 6.07) is 5.31. The van der Waals surface area contributed by atoms with Crippen molar-refractivity contribution in [2.24, 2.45) is 0 Å². The number of carboxylic acids is 1. The molecule has 0 aliphatic rings. The predicted molar refractivity (Wildman–Crippen MR) is 84.2 cm³/mol. The first kappa shape index (κ1) is 13.8. The van der Waals surface area contributed by atoms with Crippen LogP contribution >= 0.6 is 11.3 Å². The van der Waals surface area contributed by atoms with Crippen LogP contribution in [0.25, 0.3) is 10.9 Å². The summed E-state index contributed by atoms with van der Waals surface area (Å²) in [6.07, 6.45) is 2.11. The van der Waals surface area contributed by atoms with E-state index >= 15 is 0 Å². The third kappa shape index (κ3) is 2.56. The zero-order valence-corrected chi connectivity index (χ0v) is 12.7. The first-order valence-electron chi connectivity index (χ1n) is 6.79. The number of hydrogen-bond donors (Lipinski definition) is 1. The molecule has 21 heavy (non-hydrogen) atoms. The molecule has 0 saturated carbocycles. The number of fused-ring (bicyclic) bond motifs is 1. The van der Waals surface area contributed by atoms with Crippen molar-refractivity contribution in [3.8, 4) is 0 Å². The Bertz CT molecular complexity index is 788. The second kappa shape index (κ2) is 5.33. The second-order valence-electron chi connectivity index (χ2n) is 5.38. The molecule has 1 aromatic carbocycles. The van der Waals surface area contributed by atoms with Gasteiger partial charge in [0.15, 0.2) is 0 Å². The normalized spacial score (nSPS) is 11.4. The SMILES string of the molecule is CC(C)c1cn(Cc2cscn2)c2ccc(C(=O)O)cc12. The van der Waals surface area contributed by atoms with Crippen molar-refractivity contribution in [2.75, 3.05) is 0 Å². The fourth-order valence-electron chi connectivity index (χ4n) is 2.54. The van der Waals surface area contributed by atoms with Crippen LogP contribution in [0.15, 0.2) is 35.3 Å². The molecule has 0 unspecified atom stereocenters. The topological polar surface area (TPSA) is 55.1 Å². The van der Waals surface area contributed by atoms with Crippen LogP contribution in [0.1, 0.15) is 41.4 Å². The van der Waals surface area contributed by atoms with Crippen LogP contribution in [0.3, 0.4) is 0 Å². The number of hydrogen-bond acceptors (Lipinski definition) is 3. The van der Waals surface area contributed by atoms with Gasteiger partial charge in [0.2, 0.25) is 0 Å². The second-order valence-corrected chi connectivity index (χ2v) is 6.10. The van der Waals surface area contributed by atoms with Gasteiger partial charge in [0.1, 0.15) is 0 Å². The van der Waals surface area contributed by atoms with Crippen molar-refractivity contribution in [2.45, 2.75) is 26.3 Å². The molecular formula is C16H16N2O2S. The number of thiazole rings is 1. The van der Waals surface area contributed by atoms with E-state index in [0.29, 0.717) is 18.0 Å². The fraction of sp³-hybridized carbons (Fsp3) is 0.250. The molecule has 2 aromatic heterocycles. The maximum atomic E-state index is 11.2. The number of nitrogens with zero attached hydrogens (tertiary/aromatic N) is 2. The van der Waals surface area contributed by atoms with Crippen molar-refractivity contribution < 1.29 is 9.90 Å². The predicted octanol–water partition coefficient (Wildman–Crippen LogP) is 3.97. The molecule has 3 rings (SSSR count). The van der Waals surface area contributed by atoms with E-state index in [-0.39, 0.29) is 0 Å². The molecule has 0 bridgehead atoms. The third-order valence-corrected chi connectivity index (χ3v) is 4.23. The lowest BCUT2D eigenvalue weighted by atomic mass is 10.0. The maximum absolute atomic E-state index is 11.2. The highest BCUT2D eigenvalue weighted by atomic mass is 32.1. The minimum absolute atomic E-state index is 0.329. The Balaban J connectivity index is 2.15. The summed E-state index contributed by atoms with van der Waals surface area (Å²) >= 11 is 1.58. The summed E-state index contributed by atoms with van der Waals surface area (Å²) in [4.78, 5) is 15.5. The van der Waals surface area contributed by atoms with Crippen LogP contribution in [0.2, 0.25) is 0 Å². The average Bonchev–Trinajstić information content (AvgIpc) is 3.07. The van der Waals surface area contributed by atoms with Gasteiger partial charge < -0.3 is 9.67 Å². The minimum atomic E-state index is -0.890. The number of rotatable bonds is 4. The van der Waals surface area contributed by atoms with Gasteiger partial charge in [0, 0.05) is 22.5 Å². The summed E-state index contributed by atoms with van der Waals surface area (Å²) in [6.45, 7) is 4.95. The minimum Gasteiger partial charge on any atom is -0.478 e. The zero-order valence-electron chi connectivity index (χ0n) is 11.9. The lowest BCUT2D eigenvalue weighted by molar-refractivity contribution is 0.0697. The Morgan fingerprint density at radius 2 is 2.24 bits per heavy atom. The number of aromatic carboxylic acids is 1. The molecule has 0 fully saturated rings. The summed E-state index contributed by atoms with van der Waals surface area (Å²) < 4.78 is 2.14. The van der Waals surface area contributed by atoms with E-state index in [1.165, 1.54) is 5.56 Å². The molecule has 5 heteroatoms. The Hall–Kier alpha value is -2.14. The van der Waals surface area contributed by atoms with E-state index in [0.717, 1.165) is 16.6 Å². The van der Waals surface area contributed by atoms with Gasteiger partial charge in [-0.15, -0.1) is 11.3 Å². The number of benzene rings is 1. The third-order valence-electron chi connectivity index (χ3n) is 3.60. The lowest BCUT2D eigenvalue weighted by Crippen LogP contribution is -1.99. The van der Waals surface area contributed by atoms with Crippen molar-refractivity contribution in [1.29, 1.82) is 0 Å². The zero-order chi connectivity index (χ0) is 15.0. The monoisotopic (exact) mass is 300 g/mol. The highest BCUT2D eigenvalue weighted by Crippen LogP contribution is 2.29. The molecule has 0 saturated heterocycles. The summed E-state index contributed by atoms with van der Waals surface area (Å²) in [5, 5.41) is 12.2. The maximum Gasteiger partial charge on any atom is 0.335 e. The molecule has 4 nitrogen and oxygen atoms in total. The first-order valence-corrected chi connectivity index (χ1v) is 7.73. The van der Waals surface area contributed by atoms with Crippen LogP contribution in [-0.4, -0.2) is 20.6 Å². The van der Waals surface area contributed by atoms with Crippen molar-refractivity contribution in [1.82, 2.24) is 9.55 Å². The molecule has 3 aromatic rings. The first-order chi connectivity index (χ1) is 10.1. The standard InChI is InChI=1S/C16H16N2O2S/c1-10(2)14-7-18(6-12-8-21-9-17-12)15-4-3-11(16(19)20)5-13(14)15/h3-5,7-10H,6H2,1-2H3,(H,19,20). The lowest BCUT2D eigenvalue weighted by Gasteiger charge is -2.03. The van der Waals surface area contributed by atoms with E-state index < -0.39 is 5.97 Å². The number of carbonyl (C=O) groups is 1. The van der Waals surface area contributed by atoms with Gasteiger partial charge in [-0.05, 0) is 29.7 Å². The summed E-state index contributed by atoms with van der Waals surface area (Å²) in [5.74, 6) is -0.549. The van der Waals surface area contributed by atoms with Crippen molar-refractivity contribution in [3.63, 3.8) is 0 Å². The molecule has 108 valence electrons. The molecule has 0 atom stereocenters. The largest absolute Gasteiger partial charge is 0.478 e. The van der Waals surface area contributed by atoms with E-state index in [9.17, 15) is 9.90 Å². The number of carboxylic acid groups (broad SMARTS) is 1. The van der Waals surface area contributed by atoms with Crippen LogP contribution in [-0.2, 0) is 6.54 Å². The highest BCUT2D eigenvalue weighted by molar-refractivity contribution is 7.07. The molecular weight excluding hydrogens is 284 g/mol. The van der Waals surface area contributed by atoms with Gasteiger partial charge in [-0.1, -0.05) is 13.8 Å². The van der Waals surface area contributed by atoms with Crippen molar-refractivity contribution in [3.05, 3.63) is 52.1 Å². The molecule has 0 radical (unpaired) electrons. The Morgan fingerprint density at radius 3 is 2.86 bits per heavy atom. The fourth-order valence-corrected chi connectivity index (χ4v) is 3.09.